The van der Waals surface area contributed by atoms with Crippen molar-refractivity contribution in [2.75, 3.05) is 5.32 Å². The maximum absolute atomic E-state index is 12.1. The van der Waals surface area contributed by atoms with Crippen LogP contribution in [0.3, 0.4) is 0 Å². The molecule has 2 atom stereocenters. The average molecular weight is 400 g/mol. The van der Waals surface area contributed by atoms with Crippen LogP contribution in [0.15, 0.2) is 24.3 Å². The Morgan fingerprint density at radius 1 is 1.12 bits per heavy atom. The van der Waals surface area contributed by atoms with Crippen molar-refractivity contribution in [3.05, 3.63) is 29.8 Å². The third-order valence-electron chi connectivity index (χ3n) is 3.23. The van der Waals surface area contributed by atoms with Gasteiger partial charge in [-0.15, -0.1) is 0 Å². The standard InChI is InChI=1S/C16H22BrN3O4/c1-9(2)13(24-16(18)23)15(22)19-10(3)14(21)20-12-6-4-11(8-17)5-7-12/h4-7,9-10,13H,8H2,1-3H3,(H2,18,23)(H,19,22)(H,20,21)/t10-,13-/m0/s1. The summed E-state index contributed by atoms with van der Waals surface area (Å²) in [4.78, 5) is 35.2. The van der Waals surface area contributed by atoms with Gasteiger partial charge in [0.2, 0.25) is 5.91 Å². The number of halogens is 1. The Morgan fingerprint density at radius 2 is 1.71 bits per heavy atom. The van der Waals surface area contributed by atoms with Crippen molar-refractivity contribution in [2.45, 2.75) is 38.2 Å². The van der Waals surface area contributed by atoms with Gasteiger partial charge in [-0.3, -0.25) is 9.59 Å². The number of carbonyl (C=O) groups is 3. The molecule has 7 nitrogen and oxygen atoms in total. The molecule has 132 valence electrons. The highest BCUT2D eigenvalue weighted by atomic mass is 79.9. The van der Waals surface area contributed by atoms with E-state index < -0.39 is 24.1 Å². The number of nitrogens with one attached hydrogen (secondary N) is 2. The quantitative estimate of drug-likeness (QED) is 0.609. The lowest BCUT2D eigenvalue weighted by Crippen LogP contribution is -2.49. The van der Waals surface area contributed by atoms with Gasteiger partial charge in [-0.25, -0.2) is 4.79 Å². The number of primary amides is 1. The van der Waals surface area contributed by atoms with Gasteiger partial charge in [-0.05, 0) is 30.5 Å². The van der Waals surface area contributed by atoms with E-state index in [-0.39, 0.29) is 11.8 Å². The molecule has 24 heavy (non-hydrogen) atoms. The number of amides is 3. The van der Waals surface area contributed by atoms with Crippen LogP contribution in [0.5, 0.6) is 0 Å². The third kappa shape index (κ3) is 6.19. The van der Waals surface area contributed by atoms with Gasteiger partial charge < -0.3 is 21.1 Å². The molecule has 1 aromatic rings. The molecule has 1 aromatic carbocycles. The third-order valence-corrected chi connectivity index (χ3v) is 3.88. The van der Waals surface area contributed by atoms with Crippen molar-refractivity contribution in [3.8, 4) is 0 Å². The number of nitrogens with two attached hydrogens (primary N) is 1. The van der Waals surface area contributed by atoms with Crippen molar-refractivity contribution in [1.29, 1.82) is 0 Å². The van der Waals surface area contributed by atoms with Crippen molar-refractivity contribution >= 4 is 39.5 Å². The number of hydrogen-bond acceptors (Lipinski definition) is 4. The Bertz CT molecular complexity index is 589. The predicted octanol–water partition coefficient (Wildman–Crippen LogP) is 2.14. The minimum absolute atomic E-state index is 0.274. The minimum Gasteiger partial charge on any atom is -0.436 e. The second kappa shape index (κ2) is 9.27. The topological polar surface area (TPSA) is 111 Å². The van der Waals surface area contributed by atoms with Crippen LogP contribution in [-0.4, -0.2) is 30.1 Å². The van der Waals surface area contributed by atoms with Gasteiger partial charge in [0, 0.05) is 11.0 Å². The first-order valence-electron chi connectivity index (χ1n) is 7.46. The van der Waals surface area contributed by atoms with E-state index in [0.29, 0.717) is 5.69 Å². The molecule has 0 aliphatic carbocycles. The first-order valence-corrected chi connectivity index (χ1v) is 8.59. The molecule has 0 radical (unpaired) electrons. The fourth-order valence-corrected chi connectivity index (χ4v) is 2.28. The lowest BCUT2D eigenvalue weighted by molar-refractivity contribution is -0.134. The molecule has 1 rings (SSSR count). The van der Waals surface area contributed by atoms with Crippen molar-refractivity contribution in [1.82, 2.24) is 5.32 Å². The van der Waals surface area contributed by atoms with Crippen LogP contribution in [0.1, 0.15) is 26.3 Å². The smallest absolute Gasteiger partial charge is 0.405 e. The number of benzene rings is 1. The molecule has 0 aromatic heterocycles. The van der Waals surface area contributed by atoms with Gasteiger partial charge in [-0.1, -0.05) is 41.9 Å². The molecule has 0 unspecified atom stereocenters. The highest BCUT2D eigenvalue weighted by molar-refractivity contribution is 9.08. The molecular weight excluding hydrogens is 378 g/mol. The van der Waals surface area contributed by atoms with Crippen LogP contribution in [0.25, 0.3) is 0 Å². The molecule has 0 aliphatic heterocycles. The van der Waals surface area contributed by atoms with Crippen LogP contribution in [0.2, 0.25) is 0 Å². The minimum atomic E-state index is -1.05. The number of hydrogen-bond donors (Lipinski definition) is 3. The fourth-order valence-electron chi connectivity index (χ4n) is 1.91. The van der Waals surface area contributed by atoms with E-state index >= 15 is 0 Å². The molecule has 0 bridgehead atoms. The molecule has 0 saturated carbocycles. The number of carbonyl (C=O) groups excluding carboxylic acids is 3. The van der Waals surface area contributed by atoms with E-state index in [4.69, 9.17) is 10.5 Å². The second-order valence-electron chi connectivity index (χ2n) is 5.65. The highest BCUT2D eigenvalue weighted by Gasteiger charge is 2.28. The summed E-state index contributed by atoms with van der Waals surface area (Å²) in [5.41, 5.74) is 6.67. The molecule has 0 fully saturated rings. The zero-order valence-electron chi connectivity index (χ0n) is 13.8. The molecule has 8 heteroatoms. The predicted molar refractivity (Wildman–Crippen MR) is 94.6 cm³/mol. The van der Waals surface area contributed by atoms with Crippen molar-refractivity contribution in [2.24, 2.45) is 11.7 Å². The number of ether oxygens (including phenoxy) is 1. The van der Waals surface area contributed by atoms with Gasteiger partial charge in [-0.2, -0.15) is 0 Å². The zero-order valence-corrected chi connectivity index (χ0v) is 15.4. The summed E-state index contributed by atoms with van der Waals surface area (Å²) in [5, 5.41) is 5.95. The fraction of sp³-hybridized carbons (Fsp3) is 0.438. The number of rotatable bonds is 7. The molecular formula is C16H22BrN3O4. The number of anilines is 1. The molecule has 3 amide bonds. The summed E-state index contributed by atoms with van der Waals surface area (Å²) in [7, 11) is 0. The highest BCUT2D eigenvalue weighted by Crippen LogP contribution is 2.12. The van der Waals surface area contributed by atoms with Gasteiger partial charge in [0.05, 0.1) is 0 Å². The Morgan fingerprint density at radius 3 is 2.17 bits per heavy atom. The molecule has 0 spiro atoms. The summed E-state index contributed by atoms with van der Waals surface area (Å²) in [6, 6.07) is 6.50. The Balaban J connectivity index is 2.64. The Kier molecular flexibility index (Phi) is 7.70. The molecule has 0 aliphatic rings. The Labute approximate surface area is 149 Å². The van der Waals surface area contributed by atoms with E-state index in [1.165, 1.54) is 0 Å². The maximum atomic E-state index is 12.1. The molecule has 4 N–H and O–H groups in total. The lowest BCUT2D eigenvalue weighted by atomic mass is 10.1. The van der Waals surface area contributed by atoms with E-state index in [0.717, 1.165) is 10.9 Å². The van der Waals surface area contributed by atoms with E-state index in [9.17, 15) is 14.4 Å². The van der Waals surface area contributed by atoms with E-state index in [1.54, 1.807) is 32.9 Å². The van der Waals surface area contributed by atoms with Gasteiger partial charge in [0.25, 0.3) is 5.91 Å². The van der Waals surface area contributed by atoms with Crippen LogP contribution in [0, 0.1) is 5.92 Å². The first-order chi connectivity index (χ1) is 11.2. The van der Waals surface area contributed by atoms with Crippen molar-refractivity contribution in [3.63, 3.8) is 0 Å². The van der Waals surface area contributed by atoms with Crippen LogP contribution >= 0.6 is 15.9 Å². The molecule has 0 saturated heterocycles. The SMILES string of the molecule is CC(C)[C@H](OC(N)=O)C(=O)N[C@@H](C)C(=O)Nc1ccc(CBr)cc1. The maximum Gasteiger partial charge on any atom is 0.405 e. The van der Waals surface area contributed by atoms with Gasteiger partial charge in [0.15, 0.2) is 6.10 Å². The average Bonchev–Trinajstić information content (AvgIpc) is 2.52. The van der Waals surface area contributed by atoms with Crippen molar-refractivity contribution < 1.29 is 19.1 Å². The number of alkyl halides is 1. The second-order valence-corrected chi connectivity index (χ2v) is 6.21. The normalized spacial score (nSPS) is 13.0. The summed E-state index contributed by atoms with van der Waals surface area (Å²) >= 11 is 3.35. The first kappa shape index (κ1) is 20.0. The monoisotopic (exact) mass is 399 g/mol. The zero-order chi connectivity index (χ0) is 18.3. The lowest BCUT2D eigenvalue weighted by Gasteiger charge is -2.22. The van der Waals surface area contributed by atoms with Crippen LogP contribution < -0.4 is 16.4 Å². The van der Waals surface area contributed by atoms with Crippen LogP contribution in [-0.2, 0) is 19.7 Å². The summed E-state index contributed by atoms with van der Waals surface area (Å²) in [6.07, 6.45) is -2.08. The summed E-state index contributed by atoms with van der Waals surface area (Å²) in [6.45, 7) is 4.97. The van der Waals surface area contributed by atoms with Gasteiger partial charge >= 0.3 is 6.09 Å². The molecule has 0 heterocycles. The van der Waals surface area contributed by atoms with E-state index in [2.05, 4.69) is 26.6 Å². The Hall–Kier alpha value is -2.09. The van der Waals surface area contributed by atoms with Gasteiger partial charge in [0.1, 0.15) is 6.04 Å². The van der Waals surface area contributed by atoms with Crippen LogP contribution in [0.4, 0.5) is 10.5 Å². The summed E-state index contributed by atoms with van der Waals surface area (Å²) < 4.78 is 4.79. The largest absolute Gasteiger partial charge is 0.436 e. The van der Waals surface area contributed by atoms with E-state index in [1.807, 2.05) is 12.1 Å². The summed E-state index contributed by atoms with van der Waals surface area (Å²) in [5.74, 6) is -1.22.